The zero-order valence-electron chi connectivity index (χ0n) is 17.1. The number of alkyl halides is 3. The van der Waals surface area contributed by atoms with E-state index in [1.165, 1.54) is 13.0 Å². The van der Waals surface area contributed by atoms with Gasteiger partial charge in [-0.05, 0) is 48.4 Å². The Morgan fingerprint density at radius 1 is 1.09 bits per heavy atom. The molecule has 0 spiro atoms. The molecule has 4 aromatic rings. The van der Waals surface area contributed by atoms with Crippen LogP contribution in [0.2, 0.25) is 0 Å². The van der Waals surface area contributed by atoms with Gasteiger partial charge in [-0.1, -0.05) is 0 Å². The van der Waals surface area contributed by atoms with Crippen molar-refractivity contribution in [3.05, 3.63) is 69.1 Å². The molecule has 1 aliphatic heterocycles. The number of anilines is 1. The molecule has 32 heavy (non-hydrogen) atoms. The molecule has 0 saturated heterocycles. The molecule has 0 atom stereocenters. The highest BCUT2D eigenvalue weighted by Gasteiger charge is 2.32. The minimum Gasteiger partial charge on any atom is -0.507 e. The summed E-state index contributed by atoms with van der Waals surface area (Å²) in [4.78, 5) is 22.6. The first kappa shape index (κ1) is 20.1. The van der Waals surface area contributed by atoms with Crippen LogP contribution in [0.15, 0.2) is 45.6 Å². The Bertz CT molecular complexity index is 1420. The van der Waals surface area contributed by atoms with Crippen LogP contribution in [-0.4, -0.2) is 19.6 Å². The third kappa shape index (κ3) is 3.19. The largest absolute Gasteiger partial charge is 0.507 e. The number of rotatable bonds is 2. The highest BCUT2D eigenvalue weighted by atomic mass is 19.4. The van der Waals surface area contributed by atoms with Crippen molar-refractivity contribution in [3.8, 4) is 17.0 Å². The van der Waals surface area contributed by atoms with E-state index in [-0.39, 0.29) is 28.0 Å². The molecule has 1 aromatic carbocycles. The minimum atomic E-state index is -4.56. The molecule has 0 bridgehead atoms. The predicted molar refractivity (Wildman–Crippen MR) is 110 cm³/mol. The monoisotopic (exact) mass is 442 g/mol. The van der Waals surface area contributed by atoms with Crippen LogP contribution >= 0.6 is 0 Å². The lowest BCUT2D eigenvalue weighted by molar-refractivity contribution is -0.137. The van der Waals surface area contributed by atoms with E-state index in [0.717, 1.165) is 17.3 Å². The summed E-state index contributed by atoms with van der Waals surface area (Å²) in [6.45, 7) is 2.44. The van der Waals surface area contributed by atoms with Crippen molar-refractivity contribution >= 4 is 17.2 Å². The molecular weight excluding hydrogens is 425 g/mol. The Kier molecular flexibility index (Phi) is 4.30. The number of aromatic hydroxyl groups is 1. The molecule has 0 unspecified atom stereocenters. The number of benzene rings is 1. The second-order valence-electron chi connectivity index (χ2n) is 7.76. The molecule has 0 fully saturated rings. The van der Waals surface area contributed by atoms with Gasteiger partial charge in [0.2, 0.25) is 5.65 Å². The first-order valence-electron chi connectivity index (χ1n) is 9.73. The second-order valence-corrected chi connectivity index (χ2v) is 7.76. The van der Waals surface area contributed by atoms with E-state index in [2.05, 4.69) is 9.97 Å². The number of aromatic nitrogens is 3. The van der Waals surface area contributed by atoms with Gasteiger partial charge in [-0.2, -0.15) is 18.2 Å². The van der Waals surface area contributed by atoms with Gasteiger partial charge in [-0.15, -0.1) is 0 Å². The average molecular weight is 442 g/mol. The van der Waals surface area contributed by atoms with Gasteiger partial charge in [0, 0.05) is 30.9 Å². The number of phenolic OH excluding ortho intramolecular Hbond substituents is 1. The first-order chi connectivity index (χ1) is 15.1. The van der Waals surface area contributed by atoms with E-state index in [1.807, 2.05) is 4.90 Å². The Hall–Kier alpha value is -3.82. The van der Waals surface area contributed by atoms with E-state index in [9.17, 15) is 23.1 Å². The Morgan fingerprint density at radius 2 is 1.88 bits per heavy atom. The fourth-order valence-electron chi connectivity index (χ4n) is 4.00. The van der Waals surface area contributed by atoms with Crippen LogP contribution in [0, 0.1) is 6.92 Å². The van der Waals surface area contributed by atoms with Crippen molar-refractivity contribution in [2.45, 2.75) is 26.2 Å². The predicted octanol–water partition coefficient (Wildman–Crippen LogP) is 4.14. The molecule has 1 aliphatic rings. The summed E-state index contributed by atoms with van der Waals surface area (Å²) in [5.74, 6) is -0.510. The maximum Gasteiger partial charge on any atom is 0.416 e. The van der Waals surface area contributed by atoms with Gasteiger partial charge in [0.15, 0.2) is 5.58 Å². The molecule has 10 heteroatoms. The van der Waals surface area contributed by atoms with Crippen LogP contribution in [0.5, 0.6) is 5.75 Å². The van der Waals surface area contributed by atoms with E-state index < -0.39 is 17.5 Å². The summed E-state index contributed by atoms with van der Waals surface area (Å²) in [5, 5.41) is 10.3. The van der Waals surface area contributed by atoms with Gasteiger partial charge in [0.1, 0.15) is 5.75 Å². The van der Waals surface area contributed by atoms with E-state index in [0.29, 0.717) is 30.8 Å². The van der Waals surface area contributed by atoms with Gasteiger partial charge in [0.25, 0.3) is 5.56 Å². The highest BCUT2D eigenvalue weighted by Crippen LogP contribution is 2.39. The standard InChI is InChI=1S/C22H17F3N4O3/c1-11-7-13(22(23,24)25)8-16(30)19(11)14-4-5-17-20(26-14)27-21(32-17)29-9-12-3-6-18(31)28(2)15(12)10-29/h3-8,30H,9-10H2,1-2H3. The zero-order valence-corrected chi connectivity index (χ0v) is 17.1. The van der Waals surface area contributed by atoms with Gasteiger partial charge in [-0.3, -0.25) is 4.79 Å². The number of pyridine rings is 2. The summed E-state index contributed by atoms with van der Waals surface area (Å²) in [5.41, 5.74) is 2.24. The SMILES string of the molecule is Cc1cc(C(F)(F)F)cc(O)c1-c1ccc2oc(N3Cc4ccc(=O)n(C)c4C3)nc2n1. The van der Waals surface area contributed by atoms with E-state index in [1.54, 1.807) is 29.8 Å². The van der Waals surface area contributed by atoms with Crippen molar-refractivity contribution in [3.63, 3.8) is 0 Å². The van der Waals surface area contributed by atoms with Crippen molar-refractivity contribution in [1.82, 2.24) is 14.5 Å². The Labute approximate surface area is 179 Å². The maximum atomic E-state index is 13.0. The third-order valence-electron chi connectivity index (χ3n) is 5.65. The van der Waals surface area contributed by atoms with Gasteiger partial charge in [-0.25, -0.2) is 4.98 Å². The molecule has 4 heterocycles. The summed E-state index contributed by atoms with van der Waals surface area (Å²) in [6, 6.07) is 8.46. The van der Waals surface area contributed by atoms with Crippen LogP contribution in [0.3, 0.4) is 0 Å². The third-order valence-corrected chi connectivity index (χ3v) is 5.65. The number of aryl methyl sites for hydroxylation is 1. The normalized spacial score (nSPS) is 13.7. The molecular formula is C22H17F3N4O3. The van der Waals surface area contributed by atoms with Gasteiger partial charge < -0.3 is 19.0 Å². The van der Waals surface area contributed by atoms with Crippen LogP contribution in [0.4, 0.5) is 19.2 Å². The van der Waals surface area contributed by atoms with Gasteiger partial charge in [0.05, 0.1) is 17.8 Å². The number of hydrogen-bond acceptors (Lipinski definition) is 6. The molecule has 0 radical (unpaired) electrons. The van der Waals surface area contributed by atoms with Crippen molar-refractivity contribution in [2.24, 2.45) is 7.05 Å². The maximum absolute atomic E-state index is 13.0. The van der Waals surface area contributed by atoms with Crippen molar-refractivity contribution < 1.29 is 22.7 Å². The molecule has 0 saturated carbocycles. The number of phenols is 1. The molecule has 7 nitrogen and oxygen atoms in total. The molecule has 164 valence electrons. The highest BCUT2D eigenvalue weighted by molar-refractivity contribution is 5.78. The number of hydrogen-bond donors (Lipinski definition) is 1. The van der Waals surface area contributed by atoms with Crippen LogP contribution < -0.4 is 10.5 Å². The molecule has 0 amide bonds. The van der Waals surface area contributed by atoms with Crippen LogP contribution in [-0.2, 0) is 26.3 Å². The first-order valence-corrected chi connectivity index (χ1v) is 9.73. The van der Waals surface area contributed by atoms with Crippen molar-refractivity contribution in [2.75, 3.05) is 4.90 Å². The van der Waals surface area contributed by atoms with Crippen LogP contribution in [0.25, 0.3) is 22.5 Å². The number of fused-ring (bicyclic) bond motifs is 2. The van der Waals surface area contributed by atoms with Crippen LogP contribution in [0.1, 0.15) is 22.4 Å². The lowest BCUT2D eigenvalue weighted by Crippen LogP contribution is -2.20. The number of oxazole rings is 1. The van der Waals surface area contributed by atoms with Crippen molar-refractivity contribution in [1.29, 1.82) is 0 Å². The Morgan fingerprint density at radius 3 is 2.59 bits per heavy atom. The minimum absolute atomic E-state index is 0.0961. The fraction of sp³-hybridized carbons (Fsp3) is 0.227. The zero-order chi connectivity index (χ0) is 22.8. The lowest BCUT2D eigenvalue weighted by Gasteiger charge is -2.13. The summed E-state index contributed by atoms with van der Waals surface area (Å²) in [7, 11) is 1.71. The summed E-state index contributed by atoms with van der Waals surface area (Å²) >= 11 is 0. The van der Waals surface area contributed by atoms with E-state index in [4.69, 9.17) is 4.42 Å². The molecule has 5 rings (SSSR count). The average Bonchev–Trinajstić information content (AvgIpc) is 3.33. The number of halogens is 3. The molecule has 1 N–H and O–H groups in total. The molecule has 0 aliphatic carbocycles. The summed E-state index contributed by atoms with van der Waals surface area (Å²) in [6.07, 6.45) is -4.56. The smallest absolute Gasteiger partial charge is 0.416 e. The fourth-order valence-corrected chi connectivity index (χ4v) is 4.00. The lowest BCUT2D eigenvalue weighted by atomic mass is 10.0. The summed E-state index contributed by atoms with van der Waals surface area (Å²) < 4.78 is 46.5. The topological polar surface area (TPSA) is 84.4 Å². The Balaban J connectivity index is 1.51. The van der Waals surface area contributed by atoms with E-state index >= 15 is 0 Å². The van der Waals surface area contributed by atoms with Gasteiger partial charge >= 0.3 is 12.2 Å². The quantitative estimate of drug-likeness (QED) is 0.502. The second kappa shape index (κ2) is 6.84. The number of nitrogens with zero attached hydrogens (tertiary/aromatic N) is 4. The molecule has 3 aromatic heterocycles.